The Balaban J connectivity index is 1.82. The number of benzene rings is 3. The number of rotatable bonds is 14. The fourth-order valence-corrected chi connectivity index (χ4v) is 5.65. The van der Waals surface area contributed by atoms with Crippen LogP contribution >= 0.6 is 11.6 Å². The highest BCUT2D eigenvalue weighted by molar-refractivity contribution is 7.89. The van der Waals surface area contributed by atoms with E-state index >= 15 is 0 Å². The van der Waals surface area contributed by atoms with Crippen LogP contribution in [0, 0.1) is 0 Å². The molecule has 0 saturated heterocycles. The van der Waals surface area contributed by atoms with Crippen molar-refractivity contribution in [2.45, 2.75) is 50.1 Å². The van der Waals surface area contributed by atoms with Gasteiger partial charge in [-0.25, -0.2) is 12.7 Å². The minimum Gasteiger partial charge on any atom is -0.354 e. The first-order chi connectivity index (χ1) is 18.7. The van der Waals surface area contributed by atoms with Gasteiger partial charge in [0.1, 0.15) is 6.04 Å². The molecule has 9 heteroatoms. The van der Waals surface area contributed by atoms with E-state index in [2.05, 4.69) is 5.32 Å². The standard InChI is InChI=1S/C30H36ClN3O4S/c1-3-20-32-30(36)28(22-24-13-6-4-7-14-24)34(23-25-15-10-11-18-27(25)31)29(35)19-12-21-33(2)39(37,38)26-16-8-5-9-17-26/h4-11,13-18,28H,3,12,19-23H2,1-2H3,(H,32,36)/t28-/m0/s1. The molecule has 0 aliphatic heterocycles. The molecule has 1 atom stereocenters. The average Bonchev–Trinajstić information content (AvgIpc) is 2.95. The van der Waals surface area contributed by atoms with Gasteiger partial charge < -0.3 is 10.2 Å². The molecule has 2 amide bonds. The van der Waals surface area contributed by atoms with Crippen LogP contribution in [0.25, 0.3) is 0 Å². The molecular formula is C30H36ClN3O4S. The summed E-state index contributed by atoms with van der Waals surface area (Å²) in [4.78, 5) is 28.9. The highest BCUT2D eigenvalue weighted by atomic mass is 35.5. The normalized spacial score (nSPS) is 12.2. The Hall–Kier alpha value is -3.20. The van der Waals surface area contributed by atoms with E-state index in [9.17, 15) is 18.0 Å². The number of nitrogens with zero attached hydrogens (tertiary/aromatic N) is 2. The molecule has 0 saturated carbocycles. The molecule has 0 aliphatic rings. The highest BCUT2D eigenvalue weighted by Gasteiger charge is 2.30. The first kappa shape index (κ1) is 30.3. The van der Waals surface area contributed by atoms with Crippen LogP contribution in [-0.4, -0.2) is 55.6 Å². The van der Waals surface area contributed by atoms with Gasteiger partial charge in [0.15, 0.2) is 0 Å². The smallest absolute Gasteiger partial charge is 0.243 e. The Bertz CT molecular complexity index is 1320. The molecule has 0 fully saturated rings. The third kappa shape index (κ3) is 8.65. The Morgan fingerprint density at radius 2 is 1.54 bits per heavy atom. The molecule has 0 radical (unpaired) electrons. The largest absolute Gasteiger partial charge is 0.354 e. The van der Waals surface area contributed by atoms with E-state index < -0.39 is 16.1 Å². The van der Waals surface area contributed by atoms with Crippen molar-refractivity contribution >= 4 is 33.4 Å². The van der Waals surface area contributed by atoms with Crippen LogP contribution < -0.4 is 5.32 Å². The second kappa shape index (κ2) is 14.8. The topological polar surface area (TPSA) is 86.8 Å². The fourth-order valence-electron chi connectivity index (χ4n) is 4.22. The quantitative estimate of drug-likeness (QED) is 0.299. The van der Waals surface area contributed by atoms with Gasteiger partial charge in [-0.1, -0.05) is 85.3 Å². The Kier molecular flexibility index (Phi) is 11.5. The number of halogens is 1. The number of nitrogens with one attached hydrogen (secondary N) is 1. The molecule has 1 N–H and O–H groups in total. The predicted octanol–water partition coefficient (Wildman–Crippen LogP) is 4.91. The number of carbonyl (C=O) groups is 2. The first-order valence-corrected chi connectivity index (χ1v) is 14.9. The van der Waals surface area contributed by atoms with Gasteiger partial charge in [0.25, 0.3) is 0 Å². The zero-order chi connectivity index (χ0) is 28.3. The number of hydrogen-bond acceptors (Lipinski definition) is 4. The van der Waals surface area contributed by atoms with Crippen molar-refractivity contribution in [2.75, 3.05) is 20.1 Å². The Morgan fingerprint density at radius 1 is 0.923 bits per heavy atom. The summed E-state index contributed by atoms with van der Waals surface area (Å²) in [6.45, 7) is 2.79. The molecule has 0 heterocycles. The van der Waals surface area contributed by atoms with Crippen molar-refractivity contribution in [3.8, 4) is 0 Å². The molecule has 0 bridgehead atoms. The number of hydrogen-bond donors (Lipinski definition) is 1. The van der Waals surface area contributed by atoms with E-state index in [0.29, 0.717) is 24.4 Å². The van der Waals surface area contributed by atoms with E-state index in [-0.39, 0.29) is 36.2 Å². The molecule has 39 heavy (non-hydrogen) atoms. The second-order valence-electron chi connectivity index (χ2n) is 9.35. The van der Waals surface area contributed by atoms with Crippen LogP contribution in [0.3, 0.4) is 0 Å². The van der Waals surface area contributed by atoms with Crippen molar-refractivity contribution in [3.05, 3.63) is 101 Å². The summed E-state index contributed by atoms with van der Waals surface area (Å²) in [5, 5.41) is 3.46. The minimum absolute atomic E-state index is 0.0749. The number of amides is 2. The minimum atomic E-state index is -3.67. The third-order valence-corrected chi connectivity index (χ3v) is 8.67. The maximum Gasteiger partial charge on any atom is 0.243 e. The Labute approximate surface area is 236 Å². The first-order valence-electron chi connectivity index (χ1n) is 13.1. The van der Waals surface area contributed by atoms with Crippen molar-refractivity contribution in [2.24, 2.45) is 0 Å². The summed E-state index contributed by atoms with van der Waals surface area (Å²) in [6.07, 6.45) is 1.49. The third-order valence-electron chi connectivity index (χ3n) is 6.43. The van der Waals surface area contributed by atoms with Crippen LogP contribution in [0.4, 0.5) is 0 Å². The van der Waals surface area contributed by atoms with Gasteiger partial charge >= 0.3 is 0 Å². The molecule has 3 rings (SSSR count). The van der Waals surface area contributed by atoms with Crippen molar-refractivity contribution in [1.29, 1.82) is 0 Å². The van der Waals surface area contributed by atoms with Crippen LogP contribution in [0.5, 0.6) is 0 Å². The number of carbonyl (C=O) groups excluding carboxylic acids is 2. The molecule has 0 aromatic heterocycles. The molecule has 3 aromatic rings. The predicted molar refractivity (Wildman–Crippen MR) is 155 cm³/mol. The van der Waals surface area contributed by atoms with Gasteiger partial charge in [0.05, 0.1) is 4.90 Å². The summed E-state index contributed by atoms with van der Waals surface area (Å²) < 4.78 is 27.0. The van der Waals surface area contributed by atoms with E-state index in [4.69, 9.17) is 11.6 Å². The SMILES string of the molecule is CCCNC(=O)[C@H](Cc1ccccc1)N(Cc1ccccc1Cl)C(=O)CCCN(C)S(=O)(=O)c1ccccc1. The van der Waals surface area contributed by atoms with Gasteiger partial charge in [0.2, 0.25) is 21.8 Å². The van der Waals surface area contributed by atoms with Crippen molar-refractivity contribution in [3.63, 3.8) is 0 Å². The van der Waals surface area contributed by atoms with Crippen molar-refractivity contribution in [1.82, 2.24) is 14.5 Å². The summed E-state index contributed by atoms with van der Waals surface area (Å²) >= 11 is 6.44. The van der Waals surface area contributed by atoms with Gasteiger partial charge in [-0.3, -0.25) is 9.59 Å². The molecule has 0 aliphatic carbocycles. The zero-order valence-electron chi connectivity index (χ0n) is 22.4. The Morgan fingerprint density at radius 3 is 2.18 bits per heavy atom. The molecule has 3 aromatic carbocycles. The van der Waals surface area contributed by atoms with Crippen LogP contribution in [0.2, 0.25) is 5.02 Å². The second-order valence-corrected chi connectivity index (χ2v) is 11.8. The lowest BCUT2D eigenvalue weighted by Gasteiger charge is -2.32. The lowest BCUT2D eigenvalue weighted by atomic mass is 10.0. The zero-order valence-corrected chi connectivity index (χ0v) is 24.0. The van der Waals surface area contributed by atoms with Crippen LogP contribution in [0.15, 0.2) is 89.8 Å². The lowest BCUT2D eigenvalue weighted by molar-refractivity contribution is -0.141. The molecular weight excluding hydrogens is 534 g/mol. The summed E-state index contributed by atoms with van der Waals surface area (Å²) in [6, 6.07) is 24.3. The molecule has 0 unspecified atom stereocenters. The molecule has 0 spiro atoms. The molecule has 208 valence electrons. The van der Waals surface area contributed by atoms with Crippen LogP contribution in [0.1, 0.15) is 37.3 Å². The van der Waals surface area contributed by atoms with Gasteiger partial charge in [-0.2, -0.15) is 0 Å². The van der Waals surface area contributed by atoms with E-state index in [0.717, 1.165) is 17.5 Å². The van der Waals surface area contributed by atoms with E-state index in [1.807, 2.05) is 55.5 Å². The summed E-state index contributed by atoms with van der Waals surface area (Å²) in [5.41, 5.74) is 1.66. The summed E-state index contributed by atoms with van der Waals surface area (Å²) in [5.74, 6) is -0.474. The van der Waals surface area contributed by atoms with Crippen molar-refractivity contribution < 1.29 is 18.0 Å². The average molecular weight is 570 g/mol. The fraction of sp³-hybridized carbons (Fsp3) is 0.333. The maximum atomic E-state index is 13.7. The van der Waals surface area contributed by atoms with E-state index in [1.165, 1.54) is 11.4 Å². The molecule has 7 nitrogen and oxygen atoms in total. The van der Waals surface area contributed by atoms with Gasteiger partial charge in [-0.05, 0) is 42.2 Å². The number of sulfonamides is 1. The highest BCUT2D eigenvalue weighted by Crippen LogP contribution is 2.22. The van der Waals surface area contributed by atoms with Gasteiger partial charge in [0, 0.05) is 44.5 Å². The maximum absolute atomic E-state index is 13.7. The van der Waals surface area contributed by atoms with E-state index in [1.54, 1.807) is 41.3 Å². The monoisotopic (exact) mass is 569 g/mol. The van der Waals surface area contributed by atoms with Gasteiger partial charge in [-0.15, -0.1) is 0 Å². The summed E-state index contributed by atoms with van der Waals surface area (Å²) in [7, 11) is -2.16. The lowest BCUT2D eigenvalue weighted by Crippen LogP contribution is -2.50. The van der Waals surface area contributed by atoms with Crippen LogP contribution in [-0.2, 0) is 32.6 Å².